The second kappa shape index (κ2) is 13.8. The summed E-state index contributed by atoms with van der Waals surface area (Å²) in [5, 5.41) is 11.5. The first-order valence-corrected chi connectivity index (χ1v) is 21.0. The minimum Gasteiger partial charge on any atom is -0.456 e. The molecule has 60 heavy (non-hydrogen) atoms. The molecule has 0 aliphatic rings. The molecule has 0 radical (unpaired) electrons. The molecule has 0 amide bonds. The van der Waals surface area contributed by atoms with E-state index in [1.807, 2.05) is 12.1 Å². The molecule has 282 valence electrons. The highest BCUT2D eigenvalue weighted by atomic mass is 32.1. The van der Waals surface area contributed by atoms with E-state index in [0.717, 1.165) is 55.6 Å². The molecule has 5 heteroatoms. The van der Waals surface area contributed by atoms with E-state index in [2.05, 4.69) is 192 Å². The van der Waals surface area contributed by atoms with Crippen LogP contribution in [0.1, 0.15) is 16.7 Å². The molecule has 3 aromatic heterocycles. The van der Waals surface area contributed by atoms with Crippen LogP contribution in [0.2, 0.25) is 0 Å². The van der Waals surface area contributed by atoms with Crippen molar-refractivity contribution in [1.82, 2.24) is 4.57 Å². The van der Waals surface area contributed by atoms with Crippen molar-refractivity contribution in [3.8, 4) is 16.8 Å². The van der Waals surface area contributed by atoms with Gasteiger partial charge in [-0.25, -0.2) is 9.98 Å². The molecule has 0 spiro atoms. The van der Waals surface area contributed by atoms with Gasteiger partial charge in [0.15, 0.2) is 5.84 Å². The standard InChI is InChI=1S/C55H35N3OS/c1-56-54(57-55-45(40-19-10-12-25-51(40)60-55)31-34-26-27-35-14-5-6-17-37(35)30-34)43-22-13-24-50-53(43)46-32-38(28-29-49(46)59-50)58-47-23-11-9-21-42(47)52-41-20-8-7-18-39(41)44(33-48(52)58)36-15-3-2-4-16-36/h2-30,32-33H,1,31H2/b57-54-. The number of furan rings is 1. The number of benzene rings is 9. The summed E-state index contributed by atoms with van der Waals surface area (Å²) in [6, 6.07) is 67.1. The van der Waals surface area contributed by atoms with Gasteiger partial charge < -0.3 is 8.98 Å². The normalized spacial score (nSPS) is 12.2. The Morgan fingerprint density at radius 1 is 0.550 bits per heavy atom. The highest BCUT2D eigenvalue weighted by Gasteiger charge is 2.21. The lowest BCUT2D eigenvalue weighted by Gasteiger charge is -2.12. The van der Waals surface area contributed by atoms with E-state index in [4.69, 9.17) is 9.41 Å². The van der Waals surface area contributed by atoms with Gasteiger partial charge in [0.25, 0.3) is 0 Å². The van der Waals surface area contributed by atoms with Crippen molar-refractivity contribution in [2.45, 2.75) is 6.42 Å². The predicted octanol–water partition coefficient (Wildman–Crippen LogP) is 15.2. The summed E-state index contributed by atoms with van der Waals surface area (Å²) in [7, 11) is 0. The van der Waals surface area contributed by atoms with E-state index in [-0.39, 0.29) is 0 Å². The van der Waals surface area contributed by atoms with Gasteiger partial charge >= 0.3 is 0 Å². The van der Waals surface area contributed by atoms with Gasteiger partial charge in [0.2, 0.25) is 0 Å². The summed E-state index contributed by atoms with van der Waals surface area (Å²) < 4.78 is 10.2. The first-order valence-electron chi connectivity index (χ1n) is 20.2. The predicted molar refractivity (Wildman–Crippen MR) is 255 cm³/mol. The molecule has 4 nitrogen and oxygen atoms in total. The minimum absolute atomic E-state index is 0.566. The van der Waals surface area contributed by atoms with E-state index >= 15 is 0 Å². The Bertz CT molecular complexity index is 3720. The van der Waals surface area contributed by atoms with E-state index < -0.39 is 0 Å². The summed E-state index contributed by atoms with van der Waals surface area (Å²) in [6.45, 7) is 4.08. The molecule has 0 atom stereocenters. The van der Waals surface area contributed by atoms with E-state index in [1.54, 1.807) is 11.3 Å². The number of fused-ring (bicyclic) bond motifs is 10. The van der Waals surface area contributed by atoms with Gasteiger partial charge in [0, 0.05) is 49.5 Å². The van der Waals surface area contributed by atoms with Crippen molar-refractivity contribution in [2.75, 3.05) is 0 Å². The molecular weight excluding hydrogens is 751 g/mol. The van der Waals surface area contributed by atoms with Crippen LogP contribution in [0.3, 0.4) is 0 Å². The van der Waals surface area contributed by atoms with Crippen molar-refractivity contribution in [3.63, 3.8) is 0 Å². The second-order valence-electron chi connectivity index (χ2n) is 15.4. The van der Waals surface area contributed by atoms with Crippen LogP contribution in [0.5, 0.6) is 0 Å². The number of amidine groups is 1. The van der Waals surface area contributed by atoms with Gasteiger partial charge in [-0.3, -0.25) is 0 Å². The summed E-state index contributed by atoms with van der Waals surface area (Å²) in [4.78, 5) is 9.99. The number of hydrogen-bond acceptors (Lipinski definition) is 3. The number of aliphatic imine (C=N–C) groups is 2. The fourth-order valence-electron chi connectivity index (χ4n) is 9.28. The van der Waals surface area contributed by atoms with Gasteiger partial charge in [-0.2, -0.15) is 0 Å². The Morgan fingerprint density at radius 2 is 1.30 bits per heavy atom. The molecule has 0 N–H and O–H groups in total. The molecule has 0 saturated carbocycles. The fourth-order valence-corrected chi connectivity index (χ4v) is 10.4. The first kappa shape index (κ1) is 34.4. The molecule has 3 heterocycles. The van der Waals surface area contributed by atoms with Crippen LogP contribution in [0.25, 0.3) is 92.2 Å². The molecule has 9 aromatic carbocycles. The Hall–Kier alpha value is -7.60. The van der Waals surface area contributed by atoms with Gasteiger partial charge in [0.1, 0.15) is 16.2 Å². The largest absolute Gasteiger partial charge is 0.456 e. The molecular formula is C55H35N3OS. The monoisotopic (exact) mass is 785 g/mol. The number of rotatable bonds is 6. The Balaban J connectivity index is 1.05. The van der Waals surface area contributed by atoms with Crippen molar-refractivity contribution in [2.24, 2.45) is 9.98 Å². The maximum absolute atomic E-state index is 6.58. The van der Waals surface area contributed by atoms with Crippen molar-refractivity contribution in [3.05, 3.63) is 205 Å². The maximum atomic E-state index is 6.58. The fraction of sp³-hybridized carbons (Fsp3) is 0.0182. The average molecular weight is 786 g/mol. The second-order valence-corrected chi connectivity index (χ2v) is 16.4. The van der Waals surface area contributed by atoms with Crippen LogP contribution in [0, 0.1) is 0 Å². The van der Waals surface area contributed by atoms with Crippen molar-refractivity contribution >= 4 is 104 Å². The van der Waals surface area contributed by atoms with Gasteiger partial charge in [-0.1, -0.05) is 146 Å². The Morgan fingerprint density at radius 3 is 2.17 bits per heavy atom. The van der Waals surface area contributed by atoms with Crippen LogP contribution >= 0.6 is 11.3 Å². The number of aromatic nitrogens is 1. The Kier molecular flexibility index (Phi) is 7.90. The third-order valence-electron chi connectivity index (χ3n) is 12.0. The zero-order chi connectivity index (χ0) is 39.7. The van der Waals surface area contributed by atoms with E-state index in [1.165, 1.54) is 64.7 Å². The number of nitrogens with zero attached hydrogens (tertiary/aromatic N) is 3. The smallest absolute Gasteiger partial charge is 0.160 e. The first-order chi connectivity index (χ1) is 29.7. The highest BCUT2D eigenvalue weighted by molar-refractivity contribution is 7.22. The third kappa shape index (κ3) is 5.44. The molecule has 12 aromatic rings. The zero-order valence-electron chi connectivity index (χ0n) is 32.5. The summed E-state index contributed by atoms with van der Waals surface area (Å²) in [5.74, 6) is 0.566. The maximum Gasteiger partial charge on any atom is 0.160 e. The lowest BCUT2D eigenvalue weighted by Crippen LogP contribution is -1.98. The molecule has 0 aliphatic carbocycles. The van der Waals surface area contributed by atoms with E-state index in [0.29, 0.717) is 5.84 Å². The molecule has 0 saturated heterocycles. The van der Waals surface area contributed by atoms with E-state index in [9.17, 15) is 0 Å². The lowest BCUT2D eigenvalue weighted by atomic mass is 9.95. The topological polar surface area (TPSA) is 42.8 Å². The van der Waals surface area contributed by atoms with Gasteiger partial charge in [-0.05, 0) is 92.8 Å². The molecule has 0 bridgehead atoms. The van der Waals surface area contributed by atoms with Crippen LogP contribution < -0.4 is 0 Å². The SMILES string of the molecule is C=N/C(=N\c1sc2ccccc2c1Cc1ccc2ccccc2c1)c1cccc2oc3ccc(-n4c5ccccc5c5c6ccccc6c(-c6ccccc6)cc54)cc3c12. The summed E-state index contributed by atoms with van der Waals surface area (Å²) in [5.41, 5.74) is 10.6. The molecule has 0 unspecified atom stereocenters. The summed E-state index contributed by atoms with van der Waals surface area (Å²) >= 11 is 1.70. The Labute approximate surface area is 349 Å². The summed E-state index contributed by atoms with van der Waals surface area (Å²) in [6.07, 6.45) is 0.750. The number of thiophene rings is 1. The highest BCUT2D eigenvalue weighted by Crippen LogP contribution is 2.44. The van der Waals surface area contributed by atoms with Crippen LogP contribution in [0.4, 0.5) is 5.00 Å². The van der Waals surface area contributed by atoms with Crippen molar-refractivity contribution < 1.29 is 4.42 Å². The van der Waals surface area contributed by atoms with Crippen molar-refractivity contribution in [1.29, 1.82) is 0 Å². The molecule has 0 aliphatic heterocycles. The number of para-hydroxylation sites is 1. The van der Waals surface area contributed by atoms with Gasteiger partial charge in [-0.15, -0.1) is 11.3 Å². The zero-order valence-corrected chi connectivity index (χ0v) is 33.3. The molecule has 12 rings (SSSR count). The van der Waals surface area contributed by atoms with Crippen LogP contribution in [-0.2, 0) is 6.42 Å². The lowest BCUT2D eigenvalue weighted by molar-refractivity contribution is 0.669. The molecule has 0 fully saturated rings. The van der Waals surface area contributed by atoms with Crippen LogP contribution in [-0.4, -0.2) is 17.1 Å². The van der Waals surface area contributed by atoms with Crippen LogP contribution in [0.15, 0.2) is 202 Å². The minimum atomic E-state index is 0.566. The van der Waals surface area contributed by atoms with Gasteiger partial charge in [0.05, 0.1) is 11.0 Å². The quantitative estimate of drug-likeness (QED) is 0.122. The average Bonchev–Trinajstić information content (AvgIpc) is 3.97. The number of hydrogen-bond donors (Lipinski definition) is 0. The third-order valence-corrected chi connectivity index (χ3v) is 13.1.